The third-order valence-electron chi connectivity index (χ3n) is 6.16. The van der Waals surface area contributed by atoms with Crippen molar-refractivity contribution in [2.24, 2.45) is 5.10 Å². The lowest BCUT2D eigenvalue weighted by atomic mass is 10.0. The molecule has 0 fully saturated rings. The van der Waals surface area contributed by atoms with Gasteiger partial charge in [0, 0.05) is 35.1 Å². The molecule has 218 valence electrons. The molecule has 41 heavy (non-hydrogen) atoms. The second-order valence-corrected chi connectivity index (χ2v) is 10.5. The zero-order valence-electron chi connectivity index (χ0n) is 23.7. The molecule has 0 spiro atoms. The number of allylic oxidation sites excluding steroid dienone is 1. The molecule has 0 aliphatic heterocycles. The fourth-order valence-corrected chi connectivity index (χ4v) is 4.22. The van der Waals surface area contributed by atoms with Gasteiger partial charge in [-0.1, -0.05) is 36.4 Å². The summed E-state index contributed by atoms with van der Waals surface area (Å²) in [6, 6.07) is 11.5. The number of para-hydroxylation sites is 1. The molecule has 1 aromatic heterocycles. The van der Waals surface area contributed by atoms with Gasteiger partial charge in [0.15, 0.2) is 0 Å². The summed E-state index contributed by atoms with van der Waals surface area (Å²) in [5.74, 6) is -1.36. The number of ether oxygens (including phenoxy) is 1. The number of rotatable bonds is 11. The number of fused-ring (bicyclic) bond motifs is 1. The van der Waals surface area contributed by atoms with Gasteiger partial charge in [0.05, 0.1) is 12.8 Å². The van der Waals surface area contributed by atoms with Crippen molar-refractivity contribution >= 4 is 35.0 Å². The molecule has 5 N–H and O–H groups in total. The number of aromatic hydroxyl groups is 1. The lowest BCUT2D eigenvalue weighted by Gasteiger charge is -2.24. The Hall–Kier alpha value is -4.64. The number of phenolic OH excluding ortho intramolecular Hbond substituents is 1. The largest absolute Gasteiger partial charge is 0.508 e. The van der Waals surface area contributed by atoms with E-state index in [1.165, 1.54) is 12.1 Å². The predicted molar refractivity (Wildman–Crippen MR) is 157 cm³/mol. The van der Waals surface area contributed by atoms with Gasteiger partial charge in [0.2, 0.25) is 5.91 Å². The summed E-state index contributed by atoms with van der Waals surface area (Å²) in [5.41, 5.74) is 5.10. The van der Waals surface area contributed by atoms with Crippen LogP contribution in [0.15, 0.2) is 66.3 Å². The van der Waals surface area contributed by atoms with Gasteiger partial charge in [-0.25, -0.2) is 10.2 Å². The first-order chi connectivity index (χ1) is 19.4. The highest BCUT2D eigenvalue weighted by Gasteiger charge is 2.28. The number of aliphatic hydroxyl groups excluding tert-OH is 1. The van der Waals surface area contributed by atoms with Gasteiger partial charge in [-0.15, -0.1) is 6.58 Å². The number of carbonyl (C=O) groups is 3. The molecule has 2 atom stereocenters. The SMILES string of the molecule is C=CCn1c(C)c(/C=N\NC(=O)[C@H](Cc2ccc(O)cc2)NC(=O)[C@H](CO)NC(=O)OC(C)(C)C)c2ccccc21. The zero-order valence-corrected chi connectivity index (χ0v) is 23.7. The number of hydrogen-bond donors (Lipinski definition) is 5. The van der Waals surface area contributed by atoms with E-state index in [1.807, 2.05) is 31.2 Å². The molecular formula is C30H37N5O6. The molecule has 0 unspecified atom stereocenters. The topological polar surface area (TPSA) is 154 Å². The van der Waals surface area contributed by atoms with Crippen molar-refractivity contribution in [3.63, 3.8) is 0 Å². The second kappa shape index (κ2) is 13.6. The minimum absolute atomic E-state index is 0.0512. The summed E-state index contributed by atoms with van der Waals surface area (Å²) in [6.45, 7) is 10.7. The fourth-order valence-electron chi connectivity index (χ4n) is 4.22. The van der Waals surface area contributed by atoms with E-state index >= 15 is 0 Å². The molecule has 0 saturated heterocycles. The van der Waals surface area contributed by atoms with Gasteiger partial charge >= 0.3 is 6.09 Å². The van der Waals surface area contributed by atoms with Crippen LogP contribution < -0.4 is 16.1 Å². The van der Waals surface area contributed by atoms with Gasteiger partial charge in [-0.05, 0) is 51.5 Å². The van der Waals surface area contributed by atoms with Crippen molar-refractivity contribution in [1.29, 1.82) is 0 Å². The number of benzene rings is 2. The van der Waals surface area contributed by atoms with Gasteiger partial charge < -0.3 is 30.2 Å². The van der Waals surface area contributed by atoms with Crippen LogP contribution in [0.2, 0.25) is 0 Å². The first-order valence-electron chi connectivity index (χ1n) is 13.1. The molecule has 1 heterocycles. The minimum Gasteiger partial charge on any atom is -0.508 e. The van der Waals surface area contributed by atoms with Crippen molar-refractivity contribution in [2.45, 2.75) is 58.3 Å². The Balaban J connectivity index is 1.80. The lowest BCUT2D eigenvalue weighted by Crippen LogP contribution is -2.55. The zero-order chi connectivity index (χ0) is 30.2. The molecule has 0 aliphatic carbocycles. The van der Waals surface area contributed by atoms with E-state index in [-0.39, 0.29) is 12.2 Å². The molecule has 11 nitrogen and oxygen atoms in total. The molecule has 0 radical (unpaired) electrons. The van der Waals surface area contributed by atoms with E-state index in [0.717, 1.165) is 22.2 Å². The standard InChI is InChI=1S/C30H37N5O6/c1-6-15-35-19(2)23(22-9-7-8-10-26(22)35)17-31-34-28(39)24(16-20-11-13-21(37)14-12-20)32-27(38)25(18-36)33-29(40)41-30(3,4)5/h6-14,17,24-25,36-37H,1,15-16,18H2,2-5H3,(H,32,38)(H,33,40)(H,34,39)/b31-17-/t24-,25-/m0/s1. The maximum atomic E-state index is 13.2. The predicted octanol–water partition coefficient (Wildman–Crippen LogP) is 2.90. The first-order valence-corrected chi connectivity index (χ1v) is 13.1. The molecule has 0 saturated carbocycles. The minimum atomic E-state index is -1.36. The van der Waals surface area contributed by atoms with E-state index in [1.54, 1.807) is 45.2 Å². The molecule has 3 amide bonds. The van der Waals surface area contributed by atoms with E-state index in [9.17, 15) is 24.6 Å². The number of aliphatic hydroxyl groups is 1. The van der Waals surface area contributed by atoms with Crippen molar-refractivity contribution in [3.8, 4) is 5.75 Å². The maximum Gasteiger partial charge on any atom is 0.408 e. The molecule has 11 heteroatoms. The average Bonchev–Trinajstić information content (AvgIpc) is 3.17. The highest BCUT2D eigenvalue weighted by Crippen LogP contribution is 2.24. The van der Waals surface area contributed by atoms with Crippen LogP contribution in [0.25, 0.3) is 10.9 Å². The summed E-state index contributed by atoms with van der Waals surface area (Å²) in [7, 11) is 0. The van der Waals surface area contributed by atoms with Crippen LogP contribution >= 0.6 is 0 Å². The third-order valence-corrected chi connectivity index (χ3v) is 6.16. The number of aromatic nitrogens is 1. The van der Waals surface area contributed by atoms with Gasteiger partial charge in [0.25, 0.3) is 5.91 Å². The van der Waals surface area contributed by atoms with Crippen molar-refractivity contribution in [3.05, 3.63) is 78.0 Å². The summed E-state index contributed by atoms with van der Waals surface area (Å²) >= 11 is 0. The number of amides is 3. The smallest absolute Gasteiger partial charge is 0.408 e. The summed E-state index contributed by atoms with van der Waals surface area (Å²) in [6.07, 6.45) is 2.52. The quantitative estimate of drug-likeness (QED) is 0.137. The van der Waals surface area contributed by atoms with Crippen molar-refractivity contribution in [1.82, 2.24) is 20.6 Å². The number of carbonyl (C=O) groups excluding carboxylic acids is 3. The fraction of sp³-hybridized carbons (Fsp3) is 0.333. The van der Waals surface area contributed by atoms with Crippen LogP contribution in [0.5, 0.6) is 5.75 Å². The number of nitrogens with zero attached hydrogens (tertiary/aromatic N) is 2. The van der Waals surface area contributed by atoms with Gasteiger partial charge in [-0.2, -0.15) is 5.10 Å². The summed E-state index contributed by atoms with van der Waals surface area (Å²) in [5, 5.41) is 29.4. The Morgan fingerprint density at radius 1 is 1.05 bits per heavy atom. The highest BCUT2D eigenvalue weighted by atomic mass is 16.6. The molecule has 2 aromatic carbocycles. The van der Waals surface area contributed by atoms with Crippen LogP contribution in [-0.4, -0.2) is 63.2 Å². The maximum absolute atomic E-state index is 13.2. The monoisotopic (exact) mass is 563 g/mol. The molecule has 3 rings (SSSR count). The Morgan fingerprint density at radius 2 is 1.73 bits per heavy atom. The molecule has 3 aromatic rings. The Labute approximate surface area is 238 Å². The van der Waals surface area contributed by atoms with Crippen LogP contribution in [0, 0.1) is 6.92 Å². The number of nitrogens with one attached hydrogen (secondary N) is 3. The van der Waals surface area contributed by atoms with E-state index in [2.05, 4.69) is 32.3 Å². The van der Waals surface area contributed by atoms with E-state index < -0.39 is 42.2 Å². The second-order valence-electron chi connectivity index (χ2n) is 10.5. The van der Waals surface area contributed by atoms with Crippen LogP contribution in [0.3, 0.4) is 0 Å². The van der Waals surface area contributed by atoms with Crippen molar-refractivity contribution < 1.29 is 29.3 Å². The molecule has 0 bridgehead atoms. The highest BCUT2D eigenvalue weighted by molar-refractivity contribution is 6.01. The Bertz CT molecular complexity index is 1420. The third kappa shape index (κ3) is 8.42. The number of hydrogen-bond acceptors (Lipinski definition) is 7. The van der Waals surface area contributed by atoms with E-state index in [4.69, 9.17) is 4.74 Å². The summed E-state index contributed by atoms with van der Waals surface area (Å²) < 4.78 is 7.25. The van der Waals surface area contributed by atoms with Crippen LogP contribution in [-0.2, 0) is 27.3 Å². The van der Waals surface area contributed by atoms with Crippen LogP contribution in [0.4, 0.5) is 4.79 Å². The lowest BCUT2D eigenvalue weighted by molar-refractivity contribution is -0.130. The van der Waals surface area contributed by atoms with Gasteiger partial charge in [0.1, 0.15) is 23.4 Å². The first kappa shape index (κ1) is 30.9. The van der Waals surface area contributed by atoms with Crippen LogP contribution in [0.1, 0.15) is 37.6 Å². The average molecular weight is 564 g/mol. The normalized spacial score (nSPS) is 13.0. The molecular weight excluding hydrogens is 526 g/mol. The summed E-state index contributed by atoms with van der Waals surface area (Å²) in [4.78, 5) is 38.4. The molecule has 0 aliphatic rings. The number of alkyl carbamates (subject to hydrolysis) is 1. The number of hydrazone groups is 1. The van der Waals surface area contributed by atoms with E-state index in [0.29, 0.717) is 12.1 Å². The number of phenols is 1. The Kier molecular flexibility index (Phi) is 10.3. The van der Waals surface area contributed by atoms with Crippen molar-refractivity contribution in [2.75, 3.05) is 6.61 Å². The van der Waals surface area contributed by atoms with Gasteiger partial charge in [-0.3, -0.25) is 9.59 Å². The Morgan fingerprint density at radius 3 is 2.37 bits per heavy atom.